The summed E-state index contributed by atoms with van der Waals surface area (Å²) < 4.78 is 4.44. The lowest BCUT2D eigenvalue weighted by molar-refractivity contribution is 0.242. The third kappa shape index (κ3) is 4.33. The van der Waals surface area contributed by atoms with Gasteiger partial charge in [0.15, 0.2) is 0 Å². The van der Waals surface area contributed by atoms with E-state index in [0.717, 1.165) is 50.5 Å². The van der Waals surface area contributed by atoms with E-state index in [1.54, 1.807) is 4.68 Å². The molecule has 150 valence electrons. The summed E-state index contributed by atoms with van der Waals surface area (Å²) >= 11 is 3.56. The van der Waals surface area contributed by atoms with Gasteiger partial charge < -0.3 is 4.90 Å². The second-order valence-corrected chi connectivity index (χ2v) is 7.85. The van der Waals surface area contributed by atoms with Crippen molar-refractivity contribution in [3.05, 3.63) is 69.1 Å². The molecule has 1 aliphatic rings. The molecular weight excluding hydrogens is 416 g/mol. The van der Waals surface area contributed by atoms with Crippen LogP contribution in [0.25, 0.3) is 5.70 Å². The lowest BCUT2D eigenvalue weighted by atomic mass is 10.2. The van der Waals surface area contributed by atoms with Crippen molar-refractivity contribution in [2.75, 3.05) is 31.1 Å². The van der Waals surface area contributed by atoms with Crippen molar-refractivity contribution >= 4 is 27.3 Å². The Bertz CT molecular complexity index is 903. The van der Waals surface area contributed by atoms with Crippen molar-refractivity contribution in [3.63, 3.8) is 0 Å². The van der Waals surface area contributed by atoms with Crippen LogP contribution in [0.1, 0.15) is 26.0 Å². The molecule has 3 rings (SSSR count). The molecule has 1 saturated heterocycles. The SMILES string of the molecule is C/C=C\C/C(=C\C)n1c(=O)c(Br)c(CN2CCN(c3ccccc3)CC2)n1C. The number of nitrogens with zero attached hydrogens (tertiary/aromatic N) is 4. The number of allylic oxidation sites excluding steroid dienone is 4. The van der Waals surface area contributed by atoms with Crippen LogP contribution in [-0.2, 0) is 13.6 Å². The number of aromatic nitrogens is 2. The van der Waals surface area contributed by atoms with Gasteiger partial charge in [0.05, 0.1) is 5.69 Å². The highest BCUT2D eigenvalue weighted by Gasteiger charge is 2.22. The number of anilines is 1. The Hall–Kier alpha value is -2.05. The average Bonchev–Trinajstić information content (AvgIpc) is 2.94. The summed E-state index contributed by atoms with van der Waals surface area (Å²) in [5.41, 5.74) is 3.31. The van der Waals surface area contributed by atoms with Crippen molar-refractivity contribution in [2.45, 2.75) is 26.8 Å². The van der Waals surface area contributed by atoms with E-state index in [-0.39, 0.29) is 5.56 Å². The van der Waals surface area contributed by atoms with Gasteiger partial charge in [-0.1, -0.05) is 36.4 Å². The van der Waals surface area contributed by atoms with Gasteiger partial charge in [-0.2, -0.15) is 0 Å². The van der Waals surface area contributed by atoms with E-state index in [4.69, 9.17) is 0 Å². The molecule has 0 saturated carbocycles. The first-order valence-electron chi connectivity index (χ1n) is 9.82. The van der Waals surface area contributed by atoms with Crippen molar-refractivity contribution in [2.24, 2.45) is 7.05 Å². The van der Waals surface area contributed by atoms with Crippen LogP contribution in [0, 0.1) is 0 Å². The molecule has 0 unspecified atom stereocenters. The molecule has 5 nitrogen and oxygen atoms in total. The molecule has 0 amide bonds. The van der Waals surface area contributed by atoms with Gasteiger partial charge in [0.25, 0.3) is 5.56 Å². The Morgan fingerprint density at radius 2 is 1.79 bits per heavy atom. The minimum atomic E-state index is 0.0121. The summed E-state index contributed by atoms with van der Waals surface area (Å²) in [5.74, 6) is 0. The zero-order valence-corrected chi connectivity index (χ0v) is 18.5. The van der Waals surface area contributed by atoms with E-state index in [9.17, 15) is 4.79 Å². The van der Waals surface area contributed by atoms with Gasteiger partial charge in [0.2, 0.25) is 0 Å². The zero-order chi connectivity index (χ0) is 20.1. The molecule has 0 spiro atoms. The Morgan fingerprint density at radius 1 is 1.11 bits per heavy atom. The summed E-state index contributed by atoms with van der Waals surface area (Å²) in [6.45, 7) is 8.70. The summed E-state index contributed by atoms with van der Waals surface area (Å²) in [6.07, 6.45) is 6.84. The largest absolute Gasteiger partial charge is 0.369 e. The second kappa shape index (κ2) is 9.43. The number of hydrogen-bond donors (Lipinski definition) is 0. The summed E-state index contributed by atoms with van der Waals surface area (Å²) in [4.78, 5) is 17.7. The normalized spacial score (nSPS) is 16.3. The molecule has 0 aliphatic carbocycles. The molecule has 2 aromatic rings. The van der Waals surface area contributed by atoms with Crippen molar-refractivity contribution in [1.29, 1.82) is 0 Å². The average molecular weight is 445 g/mol. The van der Waals surface area contributed by atoms with E-state index in [1.807, 2.05) is 37.7 Å². The molecule has 1 aliphatic heterocycles. The number of halogens is 1. The van der Waals surface area contributed by atoms with Gasteiger partial charge in [-0.25, -0.2) is 4.68 Å². The molecule has 0 bridgehead atoms. The Labute approximate surface area is 175 Å². The van der Waals surface area contributed by atoms with Crippen molar-refractivity contribution in [1.82, 2.24) is 14.3 Å². The highest BCUT2D eigenvalue weighted by Crippen LogP contribution is 2.21. The van der Waals surface area contributed by atoms with Crippen LogP contribution >= 0.6 is 15.9 Å². The molecule has 1 aromatic carbocycles. The van der Waals surface area contributed by atoms with Crippen LogP contribution in [0.5, 0.6) is 0 Å². The summed E-state index contributed by atoms with van der Waals surface area (Å²) in [5, 5.41) is 0. The molecule has 0 N–H and O–H groups in total. The molecular formula is C22H29BrN4O. The summed E-state index contributed by atoms with van der Waals surface area (Å²) in [7, 11) is 1.97. The fraction of sp³-hybridized carbons (Fsp3) is 0.409. The smallest absolute Gasteiger partial charge is 0.285 e. The molecule has 1 aromatic heterocycles. The maximum atomic E-state index is 12.9. The topological polar surface area (TPSA) is 33.4 Å². The first-order chi connectivity index (χ1) is 13.6. The predicted molar refractivity (Wildman–Crippen MR) is 121 cm³/mol. The highest BCUT2D eigenvalue weighted by molar-refractivity contribution is 9.10. The number of para-hydroxylation sites is 1. The number of piperazine rings is 1. The zero-order valence-electron chi connectivity index (χ0n) is 16.9. The molecule has 6 heteroatoms. The van der Waals surface area contributed by atoms with Crippen molar-refractivity contribution in [3.8, 4) is 0 Å². The molecule has 28 heavy (non-hydrogen) atoms. The fourth-order valence-electron chi connectivity index (χ4n) is 3.69. The van der Waals surface area contributed by atoms with Gasteiger partial charge in [-0.3, -0.25) is 14.4 Å². The first kappa shape index (κ1) is 20.7. The molecule has 0 atom stereocenters. The van der Waals surface area contributed by atoms with E-state index in [2.05, 4.69) is 62.1 Å². The van der Waals surface area contributed by atoms with Crippen LogP contribution in [0.15, 0.2) is 57.8 Å². The molecule has 2 heterocycles. The van der Waals surface area contributed by atoms with E-state index in [0.29, 0.717) is 4.47 Å². The van der Waals surface area contributed by atoms with Crippen molar-refractivity contribution < 1.29 is 0 Å². The van der Waals surface area contributed by atoms with E-state index >= 15 is 0 Å². The third-order valence-corrected chi connectivity index (χ3v) is 6.16. The highest BCUT2D eigenvalue weighted by atomic mass is 79.9. The minimum Gasteiger partial charge on any atom is -0.369 e. The molecule has 0 radical (unpaired) electrons. The van der Waals surface area contributed by atoms with Crippen LogP contribution in [0.3, 0.4) is 0 Å². The minimum absolute atomic E-state index is 0.0121. The number of hydrogen-bond acceptors (Lipinski definition) is 3. The number of benzene rings is 1. The lowest BCUT2D eigenvalue weighted by Gasteiger charge is -2.36. The standard InChI is InChI=1S/C22H29BrN4O/c1-4-6-10-18(5-2)27-22(28)21(23)20(24(27)3)17-25-13-15-26(16-14-25)19-11-8-7-9-12-19/h4-9,11-12H,10,13-17H2,1-3H3/b6-4-,18-5+. The van der Waals surface area contributed by atoms with Crippen LogP contribution in [-0.4, -0.2) is 40.4 Å². The van der Waals surface area contributed by atoms with Gasteiger partial charge in [0.1, 0.15) is 4.47 Å². The Balaban J connectivity index is 1.73. The van der Waals surface area contributed by atoms with E-state index < -0.39 is 0 Å². The monoisotopic (exact) mass is 444 g/mol. The number of rotatable bonds is 6. The van der Waals surface area contributed by atoms with Gasteiger partial charge in [-0.05, 0) is 41.9 Å². The third-order valence-electron chi connectivity index (χ3n) is 5.36. The maximum Gasteiger partial charge on any atom is 0.285 e. The van der Waals surface area contributed by atoms with Gasteiger partial charge in [0, 0.05) is 57.6 Å². The van der Waals surface area contributed by atoms with Crippen LogP contribution in [0.2, 0.25) is 0 Å². The van der Waals surface area contributed by atoms with Gasteiger partial charge >= 0.3 is 0 Å². The van der Waals surface area contributed by atoms with Crippen LogP contribution in [0.4, 0.5) is 5.69 Å². The maximum absolute atomic E-state index is 12.9. The Morgan fingerprint density at radius 3 is 2.39 bits per heavy atom. The Kier molecular flexibility index (Phi) is 6.97. The fourth-order valence-corrected chi connectivity index (χ4v) is 4.24. The first-order valence-corrected chi connectivity index (χ1v) is 10.6. The van der Waals surface area contributed by atoms with E-state index in [1.165, 1.54) is 5.69 Å². The quantitative estimate of drug-likeness (QED) is 0.628. The predicted octanol–water partition coefficient (Wildman–Crippen LogP) is 4.10. The van der Waals surface area contributed by atoms with Crippen LogP contribution < -0.4 is 10.5 Å². The van der Waals surface area contributed by atoms with Gasteiger partial charge in [-0.15, -0.1) is 0 Å². The molecule has 1 fully saturated rings. The second-order valence-electron chi connectivity index (χ2n) is 7.05. The lowest BCUT2D eigenvalue weighted by Crippen LogP contribution is -2.46. The summed E-state index contributed by atoms with van der Waals surface area (Å²) in [6, 6.07) is 10.6.